The van der Waals surface area contributed by atoms with E-state index < -0.39 is 0 Å². The lowest BCUT2D eigenvalue weighted by atomic mass is 10.1. The molecule has 8 nitrogen and oxygen atoms in total. The molecule has 1 fully saturated rings. The normalized spacial score (nSPS) is 15.6. The van der Waals surface area contributed by atoms with Gasteiger partial charge >= 0.3 is 0 Å². The number of benzene rings is 2. The van der Waals surface area contributed by atoms with Crippen LogP contribution in [-0.4, -0.2) is 58.2 Å². The van der Waals surface area contributed by atoms with Crippen LogP contribution in [0.5, 0.6) is 0 Å². The number of fused-ring (bicyclic) bond motifs is 1. The first kappa shape index (κ1) is 22.5. The van der Waals surface area contributed by atoms with E-state index in [-0.39, 0.29) is 17.8 Å². The highest BCUT2D eigenvalue weighted by atomic mass is 32.2. The van der Waals surface area contributed by atoms with Gasteiger partial charge in [-0.15, -0.1) is 10.2 Å². The first-order valence-electron chi connectivity index (χ1n) is 11.4. The first-order chi connectivity index (χ1) is 16.6. The van der Waals surface area contributed by atoms with Gasteiger partial charge in [-0.2, -0.15) is 0 Å². The van der Waals surface area contributed by atoms with Gasteiger partial charge in [-0.1, -0.05) is 30.0 Å². The van der Waals surface area contributed by atoms with Crippen LogP contribution >= 0.6 is 11.8 Å². The molecule has 0 radical (unpaired) electrons. The van der Waals surface area contributed by atoms with E-state index in [1.807, 2.05) is 67.7 Å². The van der Waals surface area contributed by atoms with Gasteiger partial charge in [-0.05, 0) is 43.2 Å². The Kier molecular flexibility index (Phi) is 6.55. The van der Waals surface area contributed by atoms with Crippen LogP contribution in [0.2, 0.25) is 0 Å². The van der Waals surface area contributed by atoms with E-state index in [4.69, 9.17) is 4.74 Å². The van der Waals surface area contributed by atoms with Gasteiger partial charge in [0.15, 0.2) is 11.0 Å². The summed E-state index contributed by atoms with van der Waals surface area (Å²) in [6.45, 7) is 1.45. The summed E-state index contributed by atoms with van der Waals surface area (Å²) in [6, 6.07) is 15.9. The largest absolute Gasteiger partial charge is 0.378 e. The summed E-state index contributed by atoms with van der Waals surface area (Å²) in [7, 11) is 3.98. The number of aromatic amines is 1. The molecule has 1 aliphatic rings. The molecule has 2 aromatic carbocycles. The highest BCUT2D eigenvalue weighted by Gasteiger charge is 2.23. The molecule has 0 unspecified atom stereocenters. The molecule has 2 N–H and O–H groups in total. The van der Waals surface area contributed by atoms with Crippen LogP contribution in [0.25, 0.3) is 22.3 Å². The maximum atomic E-state index is 12.6. The van der Waals surface area contributed by atoms with E-state index in [1.54, 1.807) is 0 Å². The number of amides is 1. The second-order valence-electron chi connectivity index (χ2n) is 8.58. The van der Waals surface area contributed by atoms with Crippen molar-refractivity contribution >= 4 is 39.9 Å². The molecule has 2 aromatic heterocycles. The molecule has 0 bridgehead atoms. The van der Waals surface area contributed by atoms with Crippen molar-refractivity contribution in [2.45, 2.75) is 30.6 Å². The Labute approximate surface area is 202 Å². The average molecular weight is 477 g/mol. The van der Waals surface area contributed by atoms with Crippen molar-refractivity contribution < 1.29 is 9.53 Å². The minimum absolute atomic E-state index is 0.0806. The van der Waals surface area contributed by atoms with E-state index in [0.29, 0.717) is 11.7 Å². The number of hydrogen-bond acceptors (Lipinski definition) is 6. The summed E-state index contributed by atoms with van der Waals surface area (Å²) in [5.74, 6) is 0.950. The van der Waals surface area contributed by atoms with E-state index in [2.05, 4.69) is 31.1 Å². The zero-order valence-corrected chi connectivity index (χ0v) is 20.1. The third-order valence-electron chi connectivity index (χ3n) is 5.96. The van der Waals surface area contributed by atoms with Crippen LogP contribution < -0.4 is 10.2 Å². The third kappa shape index (κ3) is 4.80. The highest BCUT2D eigenvalue weighted by molar-refractivity contribution is 7.99. The lowest BCUT2D eigenvalue weighted by Crippen LogP contribution is -2.18. The van der Waals surface area contributed by atoms with Crippen LogP contribution in [0.3, 0.4) is 0 Å². The lowest BCUT2D eigenvalue weighted by Gasteiger charge is -2.15. The molecule has 176 valence electrons. The van der Waals surface area contributed by atoms with Gasteiger partial charge in [0.1, 0.15) is 0 Å². The number of aromatic nitrogens is 4. The Hall–Kier alpha value is -3.30. The number of ether oxygens (including phenoxy) is 1. The Morgan fingerprint density at radius 3 is 2.79 bits per heavy atom. The zero-order chi connectivity index (χ0) is 23.5. The molecule has 0 aliphatic carbocycles. The summed E-state index contributed by atoms with van der Waals surface area (Å²) in [4.78, 5) is 18.0. The molecule has 34 heavy (non-hydrogen) atoms. The van der Waals surface area contributed by atoms with Crippen LogP contribution in [-0.2, 0) is 16.1 Å². The smallest absolute Gasteiger partial charge is 0.234 e. The van der Waals surface area contributed by atoms with Gasteiger partial charge in [0.25, 0.3) is 0 Å². The standard InChI is InChI=1S/C25H28N6O2S/c1-30(2)18-11-9-17(10-12-18)27-23(32)16-34-25-29-28-24(31(25)15-19-6-5-13-33-19)21-14-26-22-8-4-3-7-20(21)22/h3-4,7-12,14,19,26H,5-6,13,15-16H2,1-2H3,(H,27,32)/t19-/m1/s1. The minimum Gasteiger partial charge on any atom is -0.378 e. The van der Waals surface area contributed by atoms with Crippen LogP contribution in [0.4, 0.5) is 11.4 Å². The predicted molar refractivity (Wildman–Crippen MR) is 136 cm³/mol. The molecule has 1 aliphatic heterocycles. The number of carbonyl (C=O) groups is 1. The summed E-state index contributed by atoms with van der Waals surface area (Å²) in [5, 5.41) is 13.7. The SMILES string of the molecule is CN(C)c1ccc(NC(=O)CSc2nnc(-c3c[nH]c4ccccc34)n2C[C@H]2CCCO2)cc1. The average Bonchev–Trinajstić information content (AvgIpc) is 3.59. The fourth-order valence-corrected chi connectivity index (χ4v) is 4.93. The summed E-state index contributed by atoms with van der Waals surface area (Å²) in [5.41, 5.74) is 3.91. The van der Waals surface area contributed by atoms with Gasteiger partial charge in [0, 0.05) is 54.7 Å². The summed E-state index contributed by atoms with van der Waals surface area (Å²) >= 11 is 1.39. The molecule has 1 atom stereocenters. The molecule has 4 aromatic rings. The Morgan fingerprint density at radius 1 is 1.21 bits per heavy atom. The molecule has 0 spiro atoms. The van der Waals surface area contributed by atoms with E-state index in [0.717, 1.165) is 53.1 Å². The number of thioether (sulfide) groups is 1. The minimum atomic E-state index is -0.0806. The van der Waals surface area contributed by atoms with Gasteiger partial charge < -0.3 is 19.9 Å². The maximum absolute atomic E-state index is 12.6. The lowest BCUT2D eigenvalue weighted by molar-refractivity contribution is -0.113. The van der Waals surface area contributed by atoms with Gasteiger partial charge in [0.2, 0.25) is 5.91 Å². The van der Waals surface area contributed by atoms with Crippen LogP contribution in [0, 0.1) is 0 Å². The molecule has 0 saturated carbocycles. The monoisotopic (exact) mass is 476 g/mol. The molecule has 1 saturated heterocycles. The number of para-hydroxylation sites is 1. The number of nitrogens with zero attached hydrogens (tertiary/aromatic N) is 4. The molecule has 1 amide bonds. The highest BCUT2D eigenvalue weighted by Crippen LogP contribution is 2.31. The quantitative estimate of drug-likeness (QED) is 0.367. The Balaban J connectivity index is 1.34. The third-order valence-corrected chi connectivity index (χ3v) is 6.92. The van der Waals surface area contributed by atoms with Crippen molar-refractivity contribution in [1.29, 1.82) is 0 Å². The maximum Gasteiger partial charge on any atom is 0.234 e. The van der Waals surface area contributed by atoms with Gasteiger partial charge in [0.05, 0.1) is 18.4 Å². The number of hydrogen-bond donors (Lipinski definition) is 2. The topological polar surface area (TPSA) is 88.1 Å². The number of carbonyl (C=O) groups excluding carboxylic acids is 1. The number of rotatable bonds is 8. The Bertz CT molecular complexity index is 1270. The van der Waals surface area contributed by atoms with E-state index in [1.165, 1.54) is 11.8 Å². The van der Waals surface area contributed by atoms with E-state index in [9.17, 15) is 4.79 Å². The predicted octanol–water partition coefficient (Wildman–Crippen LogP) is 4.40. The second-order valence-corrected chi connectivity index (χ2v) is 9.52. The molecule has 3 heterocycles. The molecule has 5 rings (SSSR count). The van der Waals surface area contributed by atoms with Gasteiger partial charge in [-0.25, -0.2) is 0 Å². The summed E-state index contributed by atoms with van der Waals surface area (Å²) < 4.78 is 7.99. The van der Waals surface area contributed by atoms with Crippen molar-refractivity contribution in [3.63, 3.8) is 0 Å². The Morgan fingerprint density at radius 2 is 2.03 bits per heavy atom. The van der Waals surface area contributed by atoms with Crippen LogP contribution in [0.15, 0.2) is 59.9 Å². The van der Waals surface area contributed by atoms with E-state index >= 15 is 0 Å². The van der Waals surface area contributed by atoms with Crippen molar-refractivity contribution in [2.24, 2.45) is 0 Å². The fraction of sp³-hybridized carbons (Fsp3) is 0.320. The van der Waals surface area contributed by atoms with Gasteiger partial charge in [-0.3, -0.25) is 9.36 Å². The summed E-state index contributed by atoms with van der Waals surface area (Å²) in [6.07, 6.45) is 4.17. The van der Waals surface area contributed by atoms with Crippen molar-refractivity contribution in [3.05, 3.63) is 54.7 Å². The number of H-pyrrole nitrogens is 1. The fourth-order valence-electron chi connectivity index (χ4n) is 4.18. The first-order valence-corrected chi connectivity index (χ1v) is 12.4. The van der Waals surface area contributed by atoms with Crippen molar-refractivity contribution in [3.8, 4) is 11.4 Å². The van der Waals surface area contributed by atoms with Crippen molar-refractivity contribution in [2.75, 3.05) is 36.7 Å². The number of anilines is 2. The van der Waals surface area contributed by atoms with Crippen LogP contribution in [0.1, 0.15) is 12.8 Å². The molecule has 9 heteroatoms. The van der Waals surface area contributed by atoms with Crippen molar-refractivity contribution in [1.82, 2.24) is 19.7 Å². The second kappa shape index (κ2) is 9.90. The molecular weight excluding hydrogens is 448 g/mol. The number of nitrogens with one attached hydrogen (secondary N) is 2. The zero-order valence-electron chi connectivity index (χ0n) is 19.3. The molecular formula is C25H28N6O2S.